The molecule has 0 unspecified atom stereocenters. The van der Waals surface area contributed by atoms with Gasteiger partial charge in [0, 0.05) is 6.54 Å². The van der Waals surface area contributed by atoms with Crippen LogP contribution < -0.4 is 10.5 Å². The SMILES string of the molecule is [CH2]c1ccc(Oc2ccc(CN)cc2)cc1. The molecule has 0 aliphatic carbocycles. The van der Waals surface area contributed by atoms with E-state index in [0.717, 1.165) is 22.6 Å². The molecule has 0 aliphatic heterocycles. The van der Waals surface area contributed by atoms with Crippen LogP contribution in [0, 0.1) is 6.92 Å². The zero-order chi connectivity index (χ0) is 11.4. The van der Waals surface area contributed by atoms with E-state index in [-0.39, 0.29) is 0 Å². The first-order valence-corrected chi connectivity index (χ1v) is 5.17. The Bertz CT molecular complexity index is 445. The van der Waals surface area contributed by atoms with Crippen LogP contribution in [0.3, 0.4) is 0 Å². The second kappa shape index (κ2) is 4.81. The normalized spacial score (nSPS) is 10.1. The molecule has 0 spiro atoms. The van der Waals surface area contributed by atoms with Crippen molar-refractivity contribution >= 4 is 0 Å². The number of nitrogens with two attached hydrogens (primary N) is 1. The van der Waals surface area contributed by atoms with Gasteiger partial charge in [0.15, 0.2) is 0 Å². The average molecular weight is 212 g/mol. The molecule has 2 heteroatoms. The van der Waals surface area contributed by atoms with E-state index in [2.05, 4.69) is 6.92 Å². The van der Waals surface area contributed by atoms with Crippen LogP contribution >= 0.6 is 0 Å². The van der Waals surface area contributed by atoms with Crippen molar-refractivity contribution in [2.45, 2.75) is 6.54 Å². The van der Waals surface area contributed by atoms with Gasteiger partial charge in [0.25, 0.3) is 0 Å². The van der Waals surface area contributed by atoms with Crippen molar-refractivity contribution in [2.24, 2.45) is 5.73 Å². The summed E-state index contributed by atoms with van der Waals surface area (Å²) in [4.78, 5) is 0. The first-order valence-electron chi connectivity index (χ1n) is 5.17. The van der Waals surface area contributed by atoms with E-state index >= 15 is 0 Å². The molecule has 0 fully saturated rings. The summed E-state index contributed by atoms with van der Waals surface area (Å²) in [6, 6.07) is 15.4. The molecule has 0 bridgehead atoms. The molecule has 0 heterocycles. The second-order valence-corrected chi connectivity index (χ2v) is 3.59. The zero-order valence-corrected chi connectivity index (χ0v) is 9.02. The predicted octanol–water partition coefficient (Wildman–Crippen LogP) is 3.12. The molecule has 2 aromatic carbocycles. The Kier molecular flexibility index (Phi) is 3.22. The maximum absolute atomic E-state index is 5.66. The molecule has 2 nitrogen and oxygen atoms in total. The van der Waals surface area contributed by atoms with Crippen molar-refractivity contribution in [3.8, 4) is 11.5 Å². The predicted molar refractivity (Wildman–Crippen MR) is 65.3 cm³/mol. The molecule has 0 saturated carbocycles. The van der Waals surface area contributed by atoms with E-state index in [1.54, 1.807) is 0 Å². The molecule has 2 aromatic rings. The second-order valence-electron chi connectivity index (χ2n) is 3.59. The molecule has 2 N–H and O–H groups in total. The Morgan fingerprint density at radius 1 is 0.875 bits per heavy atom. The van der Waals surface area contributed by atoms with Crippen LogP contribution in [0.4, 0.5) is 0 Å². The minimum Gasteiger partial charge on any atom is -0.457 e. The van der Waals surface area contributed by atoms with E-state index in [4.69, 9.17) is 10.5 Å². The number of hydrogen-bond acceptors (Lipinski definition) is 2. The van der Waals surface area contributed by atoms with Crippen LogP contribution in [-0.4, -0.2) is 0 Å². The number of benzene rings is 2. The summed E-state index contributed by atoms with van der Waals surface area (Å²) in [7, 11) is 0. The van der Waals surface area contributed by atoms with E-state index < -0.39 is 0 Å². The molecule has 0 aromatic heterocycles. The van der Waals surface area contributed by atoms with Crippen molar-refractivity contribution < 1.29 is 4.74 Å². The maximum atomic E-state index is 5.66. The first-order chi connectivity index (χ1) is 7.78. The van der Waals surface area contributed by atoms with Crippen LogP contribution in [0.25, 0.3) is 0 Å². The lowest BCUT2D eigenvalue weighted by Gasteiger charge is -2.06. The van der Waals surface area contributed by atoms with Gasteiger partial charge in [-0.3, -0.25) is 0 Å². The van der Waals surface area contributed by atoms with Crippen LogP contribution in [-0.2, 0) is 6.54 Å². The van der Waals surface area contributed by atoms with Gasteiger partial charge in [-0.2, -0.15) is 0 Å². The summed E-state index contributed by atoms with van der Waals surface area (Å²) in [5, 5.41) is 0. The van der Waals surface area contributed by atoms with E-state index in [9.17, 15) is 0 Å². The lowest BCUT2D eigenvalue weighted by Crippen LogP contribution is -1.95. The topological polar surface area (TPSA) is 35.2 Å². The zero-order valence-electron chi connectivity index (χ0n) is 9.02. The highest BCUT2D eigenvalue weighted by Crippen LogP contribution is 2.21. The average Bonchev–Trinajstić information content (AvgIpc) is 2.33. The number of rotatable bonds is 3. The summed E-state index contributed by atoms with van der Waals surface area (Å²) >= 11 is 0. The lowest BCUT2D eigenvalue weighted by molar-refractivity contribution is 0.482. The van der Waals surface area contributed by atoms with E-state index in [1.807, 2.05) is 48.5 Å². The lowest BCUT2D eigenvalue weighted by atomic mass is 10.2. The standard InChI is InChI=1S/C14H14NO/c1-11-2-6-13(7-3-11)16-14-8-4-12(10-15)5-9-14/h2-9H,1,10,15H2. The molecule has 81 valence electrons. The maximum Gasteiger partial charge on any atom is 0.127 e. The Morgan fingerprint density at radius 2 is 1.38 bits per heavy atom. The molecule has 1 radical (unpaired) electrons. The Hall–Kier alpha value is -1.80. The summed E-state index contributed by atoms with van der Waals surface area (Å²) in [6.45, 7) is 4.37. The molecule has 0 atom stereocenters. The third kappa shape index (κ3) is 2.61. The number of hydrogen-bond donors (Lipinski definition) is 1. The highest BCUT2D eigenvalue weighted by molar-refractivity contribution is 5.35. The highest BCUT2D eigenvalue weighted by atomic mass is 16.5. The summed E-state index contributed by atoms with van der Waals surface area (Å²) in [5.41, 5.74) is 7.60. The Labute approximate surface area is 95.7 Å². The molecule has 0 amide bonds. The van der Waals surface area contributed by atoms with Gasteiger partial charge in [0.05, 0.1) is 0 Å². The summed E-state index contributed by atoms with van der Waals surface area (Å²) in [5.74, 6) is 1.63. The monoisotopic (exact) mass is 212 g/mol. The fourth-order valence-corrected chi connectivity index (χ4v) is 1.39. The van der Waals surface area contributed by atoms with Gasteiger partial charge in [0.2, 0.25) is 0 Å². The van der Waals surface area contributed by atoms with Crippen LogP contribution in [0.5, 0.6) is 11.5 Å². The Morgan fingerprint density at radius 3 is 1.88 bits per heavy atom. The summed E-state index contributed by atoms with van der Waals surface area (Å²) < 4.78 is 5.66. The third-order valence-electron chi connectivity index (χ3n) is 2.32. The first kappa shape index (κ1) is 10.7. The van der Waals surface area contributed by atoms with E-state index in [0.29, 0.717) is 6.54 Å². The van der Waals surface area contributed by atoms with Gasteiger partial charge in [0.1, 0.15) is 11.5 Å². The van der Waals surface area contributed by atoms with Gasteiger partial charge < -0.3 is 10.5 Å². The molecule has 0 saturated heterocycles. The fraction of sp³-hybridized carbons (Fsp3) is 0.0714. The quantitative estimate of drug-likeness (QED) is 0.848. The largest absolute Gasteiger partial charge is 0.457 e. The van der Waals surface area contributed by atoms with Gasteiger partial charge in [-0.1, -0.05) is 24.3 Å². The Balaban J connectivity index is 2.11. The van der Waals surface area contributed by atoms with Crippen molar-refractivity contribution in [2.75, 3.05) is 0 Å². The molecule has 0 aliphatic rings. The van der Waals surface area contributed by atoms with Crippen molar-refractivity contribution in [3.63, 3.8) is 0 Å². The summed E-state index contributed by atoms with van der Waals surface area (Å²) in [6.07, 6.45) is 0. The molecule has 16 heavy (non-hydrogen) atoms. The van der Waals surface area contributed by atoms with Gasteiger partial charge in [-0.25, -0.2) is 0 Å². The minimum absolute atomic E-state index is 0.552. The highest BCUT2D eigenvalue weighted by Gasteiger charge is 1.96. The van der Waals surface area contributed by atoms with Gasteiger partial charge in [-0.05, 0) is 42.3 Å². The molecular formula is C14H14NO. The van der Waals surface area contributed by atoms with E-state index in [1.165, 1.54) is 0 Å². The number of ether oxygens (including phenoxy) is 1. The van der Waals surface area contributed by atoms with Crippen molar-refractivity contribution in [1.82, 2.24) is 0 Å². The smallest absolute Gasteiger partial charge is 0.127 e. The third-order valence-corrected chi connectivity index (χ3v) is 2.32. The van der Waals surface area contributed by atoms with Gasteiger partial charge >= 0.3 is 0 Å². The minimum atomic E-state index is 0.552. The van der Waals surface area contributed by atoms with Crippen LogP contribution in [0.2, 0.25) is 0 Å². The van der Waals surface area contributed by atoms with Crippen LogP contribution in [0.1, 0.15) is 11.1 Å². The molecular weight excluding hydrogens is 198 g/mol. The van der Waals surface area contributed by atoms with Gasteiger partial charge in [-0.15, -0.1) is 0 Å². The van der Waals surface area contributed by atoms with Crippen molar-refractivity contribution in [3.05, 3.63) is 66.6 Å². The fourth-order valence-electron chi connectivity index (χ4n) is 1.39. The van der Waals surface area contributed by atoms with Crippen molar-refractivity contribution in [1.29, 1.82) is 0 Å². The molecule has 2 rings (SSSR count). The van der Waals surface area contributed by atoms with Crippen LogP contribution in [0.15, 0.2) is 48.5 Å².